The summed E-state index contributed by atoms with van der Waals surface area (Å²) in [6.45, 7) is 0. The maximum Gasteiger partial charge on any atom is 0.200 e. The third-order valence-corrected chi connectivity index (χ3v) is 7.25. The molecule has 0 amide bonds. The van der Waals surface area contributed by atoms with Crippen molar-refractivity contribution in [1.82, 2.24) is 0 Å². The number of aliphatic hydroxyl groups is 1. The molecular weight excluding hydrogens is 464 g/mol. The molecule has 0 bridgehead atoms. The van der Waals surface area contributed by atoms with Gasteiger partial charge in [-0.05, 0) is 79.8 Å². The summed E-state index contributed by atoms with van der Waals surface area (Å²) < 4.78 is 23.1. The second-order valence-corrected chi connectivity index (χ2v) is 9.81. The van der Waals surface area contributed by atoms with Gasteiger partial charge in [0.1, 0.15) is 6.29 Å². The second-order valence-electron chi connectivity index (χ2n) is 9.81. The third kappa shape index (κ3) is 6.23. The van der Waals surface area contributed by atoms with Gasteiger partial charge in [-0.3, -0.25) is 0 Å². The Kier molecular flexibility index (Phi) is 8.59. The summed E-state index contributed by atoms with van der Waals surface area (Å²) in [5.74, 6) is 1.40. The van der Waals surface area contributed by atoms with Crippen LogP contribution in [0.3, 0.4) is 0 Å². The Bertz CT molecular complexity index is 1040. The van der Waals surface area contributed by atoms with Crippen LogP contribution in [0.25, 0.3) is 0 Å². The fourth-order valence-corrected chi connectivity index (χ4v) is 5.30. The normalized spacial score (nSPS) is 25.9. The lowest BCUT2D eigenvalue weighted by molar-refractivity contribution is -0.108. The molecule has 1 saturated carbocycles. The molecule has 2 aromatic rings. The van der Waals surface area contributed by atoms with E-state index in [2.05, 4.69) is 0 Å². The van der Waals surface area contributed by atoms with E-state index in [0.717, 1.165) is 36.7 Å². The summed E-state index contributed by atoms with van der Waals surface area (Å²) in [4.78, 5) is 10.9. The van der Waals surface area contributed by atoms with Crippen molar-refractivity contribution in [3.63, 3.8) is 0 Å². The first-order valence-electron chi connectivity index (χ1n) is 12.6. The molecule has 3 N–H and O–H groups in total. The molecule has 2 fully saturated rings. The fourth-order valence-electron chi connectivity index (χ4n) is 5.30. The molecule has 5 atom stereocenters. The van der Waals surface area contributed by atoms with Crippen LogP contribution in [0.15, 0.2) is 30.3 Å². The van der Waals surface area contributed by atoms with Gasteiger partial charge in [0.2, 0.25) is 5.75 Å². The smallest absolute Gasteiger partial charge is 0.200 e. The molecule has 2 aliphatic rings. The molecule has 1 saturated heterocycles. The van der Waals surface area contributed by atoms with Crippen molar-refractivity contribution in [3.05, 3.63) is 41.5 Å². The van der Waals surface area contributed by atoms with Crippen LogP contribution >= 0.6 is 0 Å². The molecule has 1 aliphatic heterocycles. The molecule has 2 aromatic carbocycles. The van der Waals surface area contributed by atoms with Gasteiger partial charge >= 0.3 is 0 Å². The zero-order valence-corrected chi connectivity index (χ0v) is 20.9. The van der Waals surface area contributed by atoms with Crippen molar-refractivity contribution in [3.8, 4) is 28.7 Å². The number of phenolic OH excluding ortho intramolecular Hbond substituents is 2. The predicted octanol–water partition coefficient (Wildman–Crippen LogP) is 4.47. The van der Waals surface area contributed by atoms with Crippen molar-refractivity contribution < 1.29 is 39.1 Å². The zero-order chi connectivity index (χ0) is 25.7. The van der Waals surface area contributed by atoms with Gasteiger partial charge in [-0.1, -0.05) is 6.07 Å². The van der Waals surface area contributed by atoms with Crippen LogP contribution in [0.2, 0.25) is 0 Å². The number of aryl methyl sites for hydroxylation is 1. The minimum absolute atomic E-state index is 0.0609. The molecule has 8 nitrogen and oxygen atoms in total. The average molecular weight is 501 g/mol. The third-order valence-electron chi connectivity index (χ3n) is 7.25. The van der Waals surface area contributed by atoms with E-state index in [9.17, 15) is 20.1 Å². The van der Waals surface area contributed by atoms with Gasteiger partial charge in [-0.15, -0.1) is 0 Å². The molecular formula is C28H36O8. The second kappa shape index (κ2) is 11.8. The number of aromatic hydroxyl groups is 2. The van der Waals surface area contributed by atoms with Crippen LogP contribution in [0.4, 0.5) is 0 Å². The maximum atomic E-state index is 10.9. The number of hydrogen-bond acceptors (Lipinski definition) is 8. The lowest BCUT2D eigenvalue weighted by Gasteiger charge is -2.34. The number of benzene rings is 2. The molecule has 8 heteroatoms. The Morgan fingerprint density at radius 2 is 1.78 bits per heavy atom. The molecule has 1 heterocycles. The van der Waals surface area contributed by atoms with Gasteiger partial charge in [0.25, 0.3) is 0 Å². The van der Waals surface area contributed by atoms with Crippen molar-refractivity contribution in [2.24, 2.45) is 5.92 Å². The van der Waals surface area contributed by atoms with Crippen LogP contribution in [0.1, 0.15) is 62.2 Å². The van der Waals surface area contributed by atoms with Crippen molar-refractivity contribution in [1.29, 1.82) is 0 Å². The summed E-state index contributed by atoms with van der Waals surface area (Å²) in [7, 11) is 3.01. The van der Waals surface area contributed by atoms with Crippen LogP contribution in [0, 0.1) is 5.92 Å². The monoisotopic (exact) mass is 500 g/mol. The van der Waals surface area contributed by atoms with Gasteiger partial charge in [0.05, 0.1) is 38.6 Å². The largest absolute Gasteiger partial charge is 0.504 e. The Morgan fingerprint density at radius 1 is 1.00 bits per heavy atom. The maximum absolute atomic E-state index is 10.9. The lowest BCUT2D eigenvalue weighted by atomic mass is 9.93. The zero-order valence-electron chi connectivity index (χ0n) is 20.9. The number of aliphatic hydroxyl groups excluding tert-OH is 1. The van der Waals surface area contributed by atoms with Crippen molar-refractivity contribution in [2.75, 3.05) is 14.2 Å². The number of hydrogen-bond donors (Lipinski definition) is 3. The Balaban J connectivity index is 1.46. The lowest BCUT2D eigenvalue weighted by Crippen LogP contribution is -2.31. The highest BCUT2D eigenvalue weighted by Gasteiger charge is 2.32. The number of carbonyl (C=O) groups excluding carboxylic acids is 1. The standard InChI is InChI=1S/C28H36O8/c1-33-25-12-17(5-8-23(25)31)3-7-22-15-20(30)16-24(35-22)19-13-26(34-2)28(32)27(14-19)36-21-6-4-18(11-21)9-10-29/h5,8,10,12-14,18,20-22,24,30-32H,3-4,6-7,9,11,15-16H2,1-2H3. The molecule has 0 spiro atoms. The first-order valence-corrected chi connectivity index (χ1v) is 12.6. The minimum atomic E-state index is -0.522. The van der Waals surface area contributed by atoms with Crippen LogP contribution in [-0.4, -0.2) is 54.1 Å². The van der Waals surface area contributed by atoms with Crippen LogP contribution < -0.4 is 14.2 Å². The molecule has 0 radical (unpaired) electrons. The van der Waals surface area contributed by atoms with Gasteiger partial charge < -0.3 is 39.1 Å². The van der Waals surface area contributed by atoms with Crippen LogP contribution in [-0.2, 0) is 16.0 Å². The summed E-state index contributed by atoms with van der Waals surface area (Å²) in [5.41, 5.74) is 1.79. The minimum Gasteiger partial charge on any atom is -0.504 e. The van der Waals surface area contributed by atoms with E-state index in [-0.39, 0.29) is 29.8 Å². The number of methoxy groups -OCH3 is 2. The predicted molar refractivity (Wildman–Crippen MR) is 133 cm³/mol. The molecule has 36 heavy (non-hydrogen) atoms. The first kappa shape index (κ1) is 26.1. The van der Waals surface area contributed by atoms with Gasteiger partial charge in [0, 0.05) is 12.8 Å². The van der Waals surface area contributed by atoms with Crippen molar-refractivity contribution in [2.45, 2.75) is 75.8 Å². The van der Waals surface area contributed by atoms with Gasteiger partial charge in [-0.2, -0.15) is 0 Å². The Labute approximate surface area is 211 Å². The van der Waals surface area contributed by atoms with E-state index in [1.54, 1.807) is 18.2 Å². The highest BCUT2D eigenvalue weighted by molar-refractivity contribution is 5.53. The SMILES string of the molecule is COc1cc(CCC2CC(O)CC(c3cc(OC)c(O)c(OC4CCC(CC=O)C4)c3)O2)ccc1O. The first-order chi connectivity index (χ1) is 17.4. The summed E-state index contributed by atoms with van der Waals surface area (Å²) in [6.07, 6.45) is 5.23. The highest BCUT2D eigenvalue weighted by Crippen LogP contribution is 2.44. The number of phenols is 2. The topological polar surface area (TPSA) is 115 Å². The van der Waals surface area contributed by atoms with Crippen molar-refractivity contribution >= 4 is 6.29 Å². The molecule has 4 rings (SSSR count). The molecule has 5 unspecified atom stereocenters. The quantitative estimate of drug-likeness (QED) is 0.410. The van der Waals surface area contributed by atoms with Crippen LogP contribution in [0.5, 0.6) is 28.7 Å². The van der Waals surface area contributed by atoms with E-state index in [0.29, 0.717) is 55.3 Å². The number of ether oxygens (including phenoxy) is 4. The van der Waals surface area contributed by atoms with E-state index in [1.807, 2.05) is 12.1 Å². The van der Waals surface area contributed by atoms with E-state index in [1.165, 1.54) is 14.2 Å². The molecule has 196 valence electrons. The Morgan fingerprint density at radius 3 is 2.53 bits per heavy atom. The average Bonchev–Trinajstić information content (AvgIpc) is 3.31. The number of rotatable bonds is 10. The number of aldehydes is 1. The van der Waals surface area contributed by atoms with Gasteiger partial charge in [0.15, 0.2) is 23.0 Å². The van der Waals surface area contributed by atoms with E-state index in [4.69, 9.17) is 18.9 Å². The highest BCUT2D eigenvalue weighted by atomic mass is 16.5. The Hall–Kier alpha value is -2.97. The number of carbonyl (C=O) groups is 1. The summed E-state index contributed by atoms with van der Waals surface area (Å²) in [5, 5.41) is 31.1. The summed E-state index contributed by atoms with van der Waals surface area (Å²) in [6, 6.07) is 8.78. The molecule has 1 aliphatic carbocycles. The van der Waals surface area contributed by atoms with E-state index < -0.39 is 6.10 Å². The van der Waals surface area contributed by atoms with Gasteiger partial charge in [-0.25, -0.2) is 0 Å². The summed E-state index contributed by atoms with van der Waals surface area (Å²) >= 11 is 0. The molecule has 0 aromatic heterocycles. The fraction of sp³-hybridized carbons (Fsp3) is 0.536. The van der Waals surface area contributed by atoms with E-state index >= 15 is 0 Å².